The Balaban J connectivity index is 3.10. The minimum atomic E-state index is -0.528. The van der Waals surface area contributed by atoms with E-state index < -0.39 is 6.10 Å². The molecule has 3 nitrogen and oxygen atoms in total. The first kappa shape index (κ1) is 17.3. The first-order chi connectivity index (χ1) is 9.28. The van der Waals surface area contributed by atoms with Crippen LogP contribution >= 0.6 is 15.9 Å². The summed E-state index contributed by atoms with van der Waals surface area (Å²) >= 11 is 3.52. The van der Waals surface area contributed by atoms with Crippen LogP contribution in [0, 0.1) is 5.41 Å². The largest absolute Gasteiger partial charge is 0.490 e. The predicted octanol–water partition coefficient (Wildman–Crippen LogP) is 4.72. The van der Waals surface area contributed by atoms with E-state index in [1.807, 2.05) is 26.0 Å². The Hall–Kier alpha value is -0.740. The van der Waals surface area contributed by atoms with Crippen molar-refractivity contribution >= 4 is 15.9 Å². The van der Waals surface area contributed by atoms with E-state index in [0.717, 1.165) is 10.0 Å². The van der Waals surface area contributed by atoms with Gasteiger partial charge in [0, 0.05) is 4.47 Å². The second-order valence-corrected chi connectivity index (χ2v) is 6.82. The summed E-state index contributed by atoms with van der Waals surface area (Å²) in [4.78, 5) is 0. The highest BCUT2D eigenvalue weighted by Crippen LogP contribution is 2.39. The fraction of sp³-hybridized carbons (Fsp3) is 0.625. The molecule has 4 heteroatoms. The van der Waals surface area contributed by atoms with E-state index in [0.29, 0.717) is 31.1 Å². The molecular weight excluding hydrogens is 320 g/mol. The summed E-state index contributed by atoms with van der Waals surface area (Å²) in [6, 6.07) is 3.74. The van der Waals surface area contributed by atoms with Crippen molar-refractivity contribution in [2.75, 3.05) is 13.2 Å². The lowest BCUT2D eigenvalue weighted by atomic mass is 9.87. The van der Waals surface area contributed by atoms with Crippen molar-refractivity contribution in [3.05, 3.63) is 22.2 Å². The quantitative estimate of drug-likeness (QED) is 0.811. The summed E-state index contributed by atoms with van der Waals surface area (Å²) in [5.74, 6) is 1.38. The number of halogens is 1. The molecule has 0 aliphatic rings. The molecule has 1 aromatic rings. The van der Waals surface area contributed by atoms with Crippen LogP contribution in [-0.2, 0) is 0 Å². The standard InChI is InChI=1S/C16H25BrO3/c1-6-19-14-8-11(13(18)10-16(3,4)5)12(17)9-15(14)20-7-2/h8-9,13,18H,6-7,10H2,1-5H3. The summed E-state index contributed by atoms with van der Waals surface area (Å²) in [7, 11) is 0. The summed E-state index contributed by atoms with van der Waals surface area (Å²) in [6.07, 6.45) is 0.157. The molecule has 1 rings (SSSR count). The number of hydrogen-bond acceptors (Lipinski definition) is 3. The molecule has 0 bridgehead atoms. The first-order valence-electron chi connectivity index (χ1n) is 7.05. The maximum atomic E-state index is 10.4. The third-order valence-corrected chi connectivity index (χ3v) is 3.51. The molecule has 0 radical (unpaired) electrons. The van der Waals surface area contributed by atoms with Crippen LogP contribution < -0.4 is 9.47 Å². The number of aliphatic hydroxyl groups excluding tert-OH is 1. The molecule has 0 saturated carbocycles. The number of rotatable bonds is 6. The average Bonchev–Trinajstić information content (AvgIpc) is 2.30. The maximum absolute atomic E-state index is 10.4. The molecule has 1 atom stereocenters. The highest BCUT2D eigenvalue weighted by molar-refractivity contribution is 9.10. The molecule has 0 aliphatic carbocycles. The third kappa shape index (κ3) is 4.98. The summed E-state index contributed by atoms with van der Waals surface area (Å²) in [5.41, 5.74) is 0.898. The second kappa shape index (κ2) is 7.32. The Morgan fingerprint density at radius 3 is 2.05 bits per heavy atom. The van der Waals surface area contributed by atoms with Crippen LogP contribution in [0.5, 0.6) is 11.5 Å². The smallest absolute Gasteiger partial charge is 0.162 e. The predicted molar refractivity (Wildman–Crippen MR) is 85.5 cm³/mol. The van der Waals surface area contributed by atoms with E-state index in [1.54, 1.807) is 0 Å². The van der Waals surface area contributed by atoms with Crippen molar-refractivity contribution in [2.24, 2.45) is 5.41 Å². The van der Waals surface area contributed by atoms with Crippen molar-refractivity contribution in [3.8, 4) is 11.5 Å². The zero-order chi connectivity index (χ0) is 15.3. The molecule has 1 unspecified atom stereocenters. The first-order valence-corrected chi connectivity index (χ1v) is 7.85. The summed E-state index contributed by atoms with van der Waals surface area (Å²) < 4.78 is 12.0. The van der Waals surface area contributed by atoms with Crippen molar-refractivity contribution < 1.29 is 14.6 Å². The number of ether oxygens (including phenoxy) is 2. The van der Waals surface area contributed by atoms with E-state index in [2.05, 4.69) is 36.7 Å². The van der Waals surface area contributed by atoms with Gasteiger partial charge < -0.3 is 14.6 Å². The van der Waals surface area contributed by atoms with Gasteiger partial charge in [-0.3, -0.25) is 0 Å². The monoisotopic (exact) mass is 344 g/mol. The zero-order valence-corrected chi connectivity index (χ0v) is 14.6. The zero-order valence-electron chi connectivity index (χ0n) is 13.0. The highest BCUT2D eigenvalue weighted by atomic mass is 79.9. The molecule has 0 saturated heterocycles. The van der Waals surface area contributed by atoms with Crippen LogP contribution in [-0.4, -0.2) is 18.3 Å². The van der Waals surface area contributed by atoms with Crippen molar-refractivity contribution in [2.45, 2.75) is 47.1 Å². The van der Waals surface area contributed by atoms with Crippen LogP contribution in [0.15, 0.2) is 16.6 Å². The fourth-order valence-corrected chi connectivity index (χ4v) is 2.62. The molecule has 0 amide bonds. The Morgan fingerprint density at radius 1 is 1.10 bits per heavy atom. The Morgan fingerprint density at radius 2 is 1.60 bits per heavy atom. The molecule has 0 heterocycles. The van der Waals surface area contributed by atoms with Gasteiger partial charge in [-0.15, -0.1) is 0 Å². The van der Waals surface area contributed by atoms with Crippen LogP contribution in [0.25, 0.3) is 0 Å². The van der Waals surface area contributed by atoms with Crippen LogP contribution in [0.3, 0.4) is 0 Å². The molecule has 1 aromatic carbocycles. The van der Waals surface area contributed by atoms with Crippen LogP contribution in [0.2, 0.25) is 0 Å². The van der Waals surface area contributed by atoms with E-state index >= 15 is 0 Å². The van der Waals surface area contributed by atoms with E-state index in [9.17, 15) is 5.11 Å². The van der Waals surface area contributed by atoms with E-state index in [1.165, 1.54) is 0 Å². The third-order valence-electron chi connectivity index (χ3n) is 2.83. The summed E-state index contributed by atoms with van der Waals surface area (Å²) in [5, 5.41) is 10.4. The van der Waals surface area contributed by atoms with Gasteiger partial charge in [0.05, 0.1) is 19.3 Å². The van der Waals surface area contributed by atoms with Gasteiger partial charge in [-0.05, 0) is 43.4 Å². The lowest BCUT2D eigenvalue weighted by Crippen LogP contribution is -2.12. The second-order valence-electron chi connectivity index (χ2n) is 5.97. The topological polar surface area (TPSA) is 38.7 Å². The Kier molecular flexibility index (Phi) is 6.34. The molecular formula is C16H25BrO3. The lowest BCUT2D eigenvalue weighted by molar-refractivity contribution is 0.121. The highest BCUT2D eigenvalue weighted by Gasteiger charge is 2.22. The van der Waals surface area contributed by atoms with Gasteiger partial charge in [0.25, 0.3) is 0 Å². The summed E-state index contributed by atoms with van der Waals surface area (Å²) in [6.45, 7) is 11.4. The lowest BCUT2D eigenvalue weighted by Gasteiger charge is -2.24. The number of aliphatic hydroxyl groups is 1. The van der Waals surface area contributed by atoms with Gasteiger partial charge in [-0.2, -0.15) is 0 Å². The maximum Gasteiger partial charge on any atom is 0.162 e. The SMILES string of the molecule is CCOc1cc(Br)c(C(O)CC(C)(C)C)cc1OCC. The number of benzene rings is 1. The van der Waals surface area contributed by atoms with Gasteiger partial charge in [0.15, 0.2) is 11.5 Å². The minimum absolute atomic E-state index is 0.0588. The molecule has 0 spiro atoms. The Bertz CT molecular complexity index is 438. The van der Waals surface area contributed by atoms with Gasteiger partial charge in [-0.25, -0.2) is 0 Å². The van der Waals surface area contributed by atoms with Crippen molar-refractivity contribution in [3.63, 3.8) is 0 Å². The fourth-order valence-electron chi connectivity index (χ4n) is 2.03. The minimum Gasteiger partial charge on any atom is -0.490 e. The number of hydrogen-bond donors (Lipinski definition) is 1. The van der Waals surface area contributed by atoms with Gasteiger partial charge in [-0.1, -0.05) is 36.7 Å². The van der Waals surface area contributed by atoms with E-state index in [4.69, 9.17) is 9.47 Å². The molecule has 1 N–H and O–H groups in total. The molecule has 20 heavy (non-hydrogen) atoms. The van der Waals surface area contributed by atoms with Crippen LogP contribution in [0.4, 0.5) is 0 Å². The van der Waals surface area contributed by atoms with Gasteiger partial charge in [0.2, 0.25) is 0 Å². The molecule has 0 aromatic heterocycles. The molecule has 0 fully saturated rings. The molecule has 0 aliphatic heterocycles. The Labute approximate surface area is 130 Å². The van der Waals surface area contributed by atoms with Gasteiger partial charge >= 0.3 is 0 Å². The average molecular weight is 345 g/mol. The normalized spacial score (nSPS) is 13.2. The van der Waals surface area contributed by atoms with Crippen molar-refractivity contribution in [1.82, 2.24) is 0 Å². The van der Waals surface area contributed by atoms with Gasteiger partial charge in [0.1, 0.15) is 0 Å². The van der Waals surface area contributed by atoms with E-state index in [-0.39, 0.29) is 5.41 Å². The van der Waals surface area contributed by atoms with Crippen molar-refractivity contribution in [1.29, 1.82) is 0 Å². The molecule has 114 valence electrons. The van der Waals surface area contributed by atoms with Crippen LogP contribution in [0.1, 0.15) is 52.7 Å².